The summed E-state index contributed by atoms with van der Waals surface area (Å²) < 4.78 is 0. The molecule has 0 spiro atoms. The van der Waals surface area contributed by atoms with Crippen LogP contribution in [0, 0.1) is 12.3 Å². The Morgan fingerprint density at radius 2 is 2.32 bits per heavy atom. The number of H-pyrrole nitrogens is 1. The van der Waals surface area contributed by atoms with E-state index in [4.69, 9.17) is 6.42 Å². The molecule has 1 aliphatic carbocycles. The van der Waals surface area contributed by atoms with Crippen LogP contribution in [0.5, 0.6) is 0 Å². The normalized spacial score (nSPS) is 19.9. The van der Waals surface area contributed by atoms with Crippen molar-refractivity contribution in [2.45, 2.75) is 44.7 Å². The van der Waals surface area contributed by atoms with Gasteiger partial charge in [-0.3, -0.25) is 5.32 Å². The summed E-state index contributed by atoms with van der Waals surface area (Å²) in [4.78, 5) is 3.59. The van der Waals surface area contributed by atoms with Crippen molar-refractivity contribution in [2.24, 2.45) is 0 Å². The molecule has 1 aliphatic rings. The second-order valence-corrected chi connectivity index (χ2v) is 5.30. The number of benzene rings is 1. The van der Waals surface area contributed by atoms with Gasteiger partial charge in [-0.05, 0) is 37.3 Å². The van der Waals surface area contributed by atoms with E-state index in [9.17, 15) is 0 Å². The van der Waals surface area contributed by atoms with Gasteiger partial charge in [0, 0.05) is 22.6 Å². The lowest BCUT2D eigenvalue weighted by molar-refractivity contribution is 0.422. The Balaban J connectivity index is 1.98. The Hall–Kier alpha value is -1.72. The zero-order valence-electron chi connectivity index (χ0n) is 11.4. The molecule has 0 saturated heterocycles. The number of para-hydroxylation sites is 1. The fourth-order valence-electron chi connectivity index (χ4n) is 3.11. The van der Waals surface area contributed by atoms with Crippen LogP contribution in [0.25, 0.3) is 10.9 Å². The van der Waals surface area contributed by atoms with E-state index in [1.807, 2.05) is 0 Å². The van der Waals surface area contributed by atoms with Gasteiger partial charge in [0.1, 0.15) is 0 Å². The highest BCUT2D eigenvalue weighted by Gasteiger charge is 2.25. The first-order valence-electron chi connectivity index (χ1n) is 7.15. The molecule has 2 atom stereocenters. The summed E-state index contributed by atoms with van der Waals surface area (Å²) in [5.41, 5.74) is 4.07. The van der Waals surface area contributed by atoms with Crippen LogP contribution in [0.4, 0.5) is 0 Å². The van der Waals surface area contributed by atoms with Gasteiger partial charge in [-0.1, -0.05) is 31.0 Å². The van der Waals surface area contributed by atoms with E-state index in [2.05, 4.69) is 47.4 Å². The number of hydrogen-bond donors (Lipinski definition) is 2. The third-order valence-corrected chi connectivity index (χ3v) is 4.13. The summed E-state index contributed by atoms with van der Waals surface area (Å²) in [6.07, 6.45) is 10.1. The average Bonchev–Trinajstić information content (AvgIpc) is 2.84. The topological polar surface area (TPSA) is 27.8 Å². The zero-order chi connectivity index (χ0) is 13.2. The Labute approximate surface area is 114 Å². The molecule has 1 aromatic carbocycles. The SMILES string of the molecule is C#CC(CC)NC1CCCc2c1[nH]c1ccccc21. The molecule has 0 saturated carbocycles. The molecule has 0 fully saturated rings. The first-order valence-corrected chi connectivity index (χ1v) is 7.15. The number of fused-ring (bicyclic) bond motifs is 3. The van der Waals surface area contributed by atoms with Crippen LogP contribution in [0.1, 0.15) is 43.5 Å². The van der Waals surface area contributed by atoms with Gasteiger partial charge in [0.2, 0.25) is 0 Å². The van der Waals surface area contributed by atoms with Gasteiger partial charge in [0.05, 0.1) is 6.04 Å². The smallest absolute Gasteiger partial charge is 0.0689 e. The number of hydrogen-bond acceptors (Lipinski definition) is 1. The van der Waals surface area contributed by atoms with Crippen LogP contribution in [0.2, 0.25) is 0 Å². The number of aryl methyl sites for hydroxylation is 1. The zero-order valence-corrected chi connectivity index (χ0v) is 11.4. The van der Waals surface area contributed by atoms with E-state index in [1.165, 1.54) is 35.0 Å². The quantitative estimate of drug-likeness (QED) is 0.803. The standard InChI is InChI=1S/C17H20N2/c1-3-12(4-2)18-16-11-7-9-14-13-8-5-6-10-15(13)19-17(14)16/h1,5-6,8,10,12,16,18-19H,4,7,9,11H2,2H3. The van der Waals surface area contributed by atoms with E-state index in [0.717, 1.165) is 12.8 Å². The van der Waals surface area contributed by atoms with E-state index in [1.54, 1.807) is 0 Å². The van der Waals surface area contributed by atoms with Gasteiger partial charge in [0.25, 0.3) is 0 Å². The molecule has 1 aromatic heterocycles. The van der Waals surface area contributed by atoms with Crippen LogP contribution in [0.15, 0.2) is 24.3 Å². The van der Waals surface area contributed by atoms with Crippen molar-refractivity contribution < 1.29 is 0 Å². The Morgan fingerprint density at radius 3 is 3.11 bits per heavy atom. The van der Waals surface area contributed by atoms with E-state index in [-0.39, 0.29) is 6.04 Å². The van der Waals surface area contributed by atoms with Crippen molar-refractivity contribution in [3.05, 3.63) is 35.5 Å². The molecule has 2 heteroatoms. The molecule has 2 unspecified atom stereocenters. The molecule has 0 radical (unpaired) electrons. The fourth-order valence-corrected chi connectivity index (χ4v) is 3.11. The summed E-state index contributed by atoms with van der Waals surface area (Å²) in [6, 6.07) is 9.11. The highest BCUT2D eigenvalue weighted by molar-refractivity contribution is 5.85. The van der Waals surface area contributed by atoms with E-state index in [0.29, 0.717) is 6.04 Å². The van der Waals surface area contributed by atoms with Crippen molar-refractivity contribution in [3.8, 4) is 12.3 Å². The Bertz CT molecular complexity index is 618. The van der Waals surface area contributed by atoms with Crippen LogP contribution in [-0.4, -0.2) is 11.0 Å². The molecular formula is C17H20N2. The summed E-state index contributed by atoms with van der Waals surface area (Å²) >= 11 is 0. The first kappa shape index (κ1) is 12.3. The first-order chi connectivity index (χ1) is 9.33. The highest BCUT2D eigenvalue weighted by Crippen LogP contribution is 2.34. The predicted octanol–water partition coefficient (Wildman–Crippen LogP) is 3.55. The third kappa shape index (κ3) is 2.15. The number of terminal acetylenes is 1. The number of rotatable bonds is 3. The number of aromatic amines is 1. The molecule has 2 aromatic rings. The lowest BCUT2D eigenvalue weighted by Crippen LogP contribution is -2.33. The monoisotopic (exact) mass is 252 g/mol. The predicted molar refractivity (Wildman–Crippen MR) is 80.0 cm³/mol. The van der Waals surface area contributed by atoms with Gasteiger partial charge in [-0.15, -0.1) is 6.42 Å². The fraction of sp³-hybridized carbons (Fsp3) is 0.412. The van der Waals surface area contributed by atoms with Crippen LogP contribution >= 0.6 is 0 Å². The summed E-state index contributed by atoms with van der Waals surface area (Å²) in [7, 11) is 0. The molecule has 2 N–H and O–H groups in total. The Morgan fingerprint density at radius 1 is 1.47 bits per heavy atom. The maximum absolute atomic E-state index is 5.57. The molecule has 19 heavy (non-hydrogen) atoms. The molecule has 0 aliphatic heterocycles. The molecule has 0 amide bonds. The van der Waals surface area contributed by atoms with Gasteiger partial charge >= 0.3 is 0 Å². The number of nitrogens with one attached hydrogen (secondary N) is 2. The highest BCUT2D eigenvalue weighted by atomic mass is 15.0. The van der Waals surface area contributed by atoms with Crippen LogP contribution in [0.3, 0.4) is 0 Å². The van der Waals surface area contributed by atoms with Gasteiger partial charge < -0.3 is 4.98 Å². The van der Waals surface area contributed by atoms with Crippen LogP contribution < -0.4 is 5.32 Å². The molecular weight excluding hydrogens is 232 g/mol. The second kappa shape index (κ2) is 5.11. The van der Waals surface area contributed by atoms with E-state index >= 15 is 0 Å². The summed E-state index contributed by atoms with van der Waals surface area (Å²) in [5.74, 6) is 2.84. The minimum atomic E-state index is 0.169. The van der Waals surface area contributed by atoms with Crippen molar-refractivity contribution in [3.63, 3.8) is 0 Å². The lowest BCUT2D eigenvalue weighted by Gasteiger charge is -2.26. The van der Waals surface area contributed by atoms with Crippen LogP contribution in [-0.2, 0) is 6.42 Å². The van der Waals surface area contributed by atoms with Crippen molar-refractivity contribution in [1.29, 1.82) is 0 Å². The summed E-state index contributed by atoms with van der Waals surface area (Å²) in [5, 5.41) is 4.98. The van der Waals surface area contributed by atoms with Crippen molar-refractivity contribution >= 4 is 10.9 Å². The van der Waals surface area contributed by atoms with Crippen molar-refractivity contribution in [2.75, 3.05) is 0 Å². The van der Waals surface area contributed by atoms with Gasteiger partial charge in [-0.25, -0.2) is 0 Å². The largest absolute Gasteiger partial charge is 0.357 e. The minimum absolute atomic E-state index is 0.169. The third-order valence-electron chi connectivity index (χ3n) is 4.13. The number of aromatic nitrogens is 1. The molecule has 0 bridgehead atoms. The van der Waals surface area contributed by atoms with E-state index < -0.39 is 0 Å². The minimum Gasteiger partial charge on any atom is -0.357 e. The molecule has 98 valence electrons. The Kier molecular flexibility index (Phi) is 3.31. The maximum Gasteiger partial charge on any atom is 0.0689 e. The second-order valence-electron chi connectivity index (χ2n) is 5.30. The average molecular weight is 252 g/mol. The maximum atomic E-state index is 5.57. The summed E-state index contributed by atoms with van der Waals surface area (Å²) in [6.45, 7) is 2.13. The van der Waals surface area contributed by atoms with Gasteiger partial charge in [-0.2, -0.15) is 0 Å². The molecule has 3 rings (SSSR count). The molecule has 1 heterocycles. The lowest BCUT2D eigenvalue weighted by atomic mass is 9.91. The molecule has 2 nitrogen and oxygen atoms in total. The van der Waals surface area contributed by atoms with Crippen molar-refractivity contribution in [1.82, 2.24) is 10.3 Å². The van der Waals surface area contributed by atoms with Gasteiger partial charge in [0.15, 0.2) is 0 Å².